The molecule has 2 heterocycles. The Labute approximate surface area is 142 Å². The molecule has 3 rings (SSSR count). The lowest BCUT2D eigenvalue weighted by atomic mass is 10.1. The van der Waals surface area contributed by atoms with Crippen molar-refractivity contribution < 1.29 is 0 Å². The molecule has 23 heavy (non-hydrogen) atoms. The molecular formula is C19H34N4. The molecule has 3 N–H and O–H groups in total. The summed E-state index contributed by atoms with van der Waals surface area (Å²) < 4.78 is 0. The van der Waals surface area contributed by atoms with E-state index in [0.29, 0.717) is 6.04 Å². The summed E-state index contributed by atoms with van der Waals surface area (Å²) in [6.07, 6.45) is 4.92. The number of hydrogen-bond donors (Lipinski definition) is 2. The number of hydrogen-bond acceptors (Lipinski definition) is 4. The van der Waals surface area contributed by atoms with Crippen molar-refractivity contribution in [2.24, 2.45) is 5.73 Å². The first-order valence-corrected chi connectivity index (χ1v) is 9.04. The molecule has 2 fully saturated rings. The zero-order valence-corrected chi connectivity index (χ0v) is 14.9. The maximum Gasteiger partial charge on any atom is 0.0233 e. The minimum atomic E-state index is 0.432. The molecule has 0 unspecified atom stereocenters. The molecule has 0 bridgehead atoms. The van der Waals surface area contributed by atoms with E-state index in [9.17, 15) is 0 Å². The van der Waals surface area contributed by atoms with Gasteiger partial charge in [0.05, 0.1) is 0 Å². The average molecular weight is 319 g/mol. The van der Waals surface area contributed by atoms with Crippen LogP contribution < -0.4 is 11.1 Å². The van der Waals surface area contributed by atoms with Gasteiger partial charge in [0, 0.05) is 18.6 Å². The number of nitrogens with zero attached hydrogens (tertiary/aromatic N) is 2. The van der Waals surface area contributed by atoms with Crippen molar-refractivity contribution in [2.45, 2.75) is 44.3 Å². The highest BCUT2D eigenvalue weighted by atomic mass is 15.1. The van der Waals surface area contributed by atoms with E-state index < -0.39 is 0 Å². The second-order valence-electron chi connectivity index (χ2n) is 7.04. The summed E-state index contributed by atoms with van der Waals surface area (Å²) in [6, 6.07) is 11.9. The Morgan fingerprint density at radius 1 is 1.04 bits per heavy atom. The van der Waals surface area contributed by atoms with Gasteiger partial charge in [-0.2, -0.15) is 0 Å². The first kappa shape index (κ1) is 18.4. The second-order valence-corrected chi connectivity index (χ2v) is 7.04. The highest BCUT2D eigenvalue weighted by molar-refractivity contribution is 5.14. The van der Waals surface area contributed by atoms with Gasteiger partial charge in [0.2, 0.25) is 0 Å². The Balaban J connectivity index is 0.000000185. The van der Waals surface area contributed by atoms with Crippen LogP contribution in [0.2, 0.25) is 0 Å². The highest BCUT2D eigenvalue weighted by Gasteiger charge is 2.15. The van der Waals surface area contributed by atoms with Crippen LogP contribution in [0.15, 0.2) is 30.3 Å². The van der Waals surface area contributed by atoms with Gasteiger partial charge in [0.1, 0.15) is 0 Å². The molecule has 1 aromatic carbocycles. The summed E-state index contributed by atoms with van der Waals surface area (Å²) >= 11 is 0. The van der Waals surface area contributed by atoms with Gasteiger partial charge < -0.3 is 16.0 Å². The lowest BCUT2D eigenvalue weighted by molar-refractivity contribution is 0.205. The lowest BCUT2D eigenvalue weighted by Crippen LogP contribution is -2.39. The first-order chi connectivity index (χ1) is 11.1. The molecule has 4 heteroatoms. The SMILES string of the molecule is CN(C)C1CCNCC1.NC1CCN(Cc2ccccc2)CC1. The van der Waals surface area contributed by atoms with Crippen molar-refractivity contribution in [3.8, 4) is 0 Å². The molecule has 4 nitrogen and oxygen atoms in total. The Morgan fingerprint density at radius 3 is 2.17 bits per heavy atom. The van der Waals surface area contributed by atoms with Crippen molar-refractivity contribution in [3.63, 3.8) is 0 Å². The van der Waals surface area contributed by atoms with Gasteiger partial charge >= 0.3 is 0 Å². The monoisotopic (exact) mass is 318 g/mol. The number of rotatable bonds is 3. The quantitative estimate of drug-likeness (QED) is 0.894. The third-order valence-electron chi connectivity index (χ3n) is 4.92. The fourth-order valence-corrected chi connectivity index (χ4v) is 3.28. The van der Waals surface area contributed by atoms with Gasteiger partial charge in [0.15, 0.2) is 0 Å². The Hall–Kier alpha value is -0.940. The van der Waals surface area contributed by atoms with Crippen molar-refractivity contribution in [1.29, 1.82) is 0 Å². The van der Waals surface area contributed by atoms with E-state index in [1.807, 2.05) is 0 Å². The zero-order chi connectivity index (χ0) is 16.5. The second kappa shape index (κ2) is 10.0. The van der Waals surface area contributed by atoms with E-state index in [-0.39, 0.29) is 0 Å². The van der Waals surface area contributed by atoms with Crippen LogP contribution in [0, 0.1) is 0 Å². The topological polar surface area (TPSA) is 44.5 Å². The molecule has 1 aromatic rings. The third-order valence-corrected chi connectivity index (χ3v) is 4.92. The Morgan fingerprint density at radius 2 is 1.65 bits per heavy atom. The van der Waals surface area contributed by atoms with Gasteiger partial charge in [-0.25, -0.2) is 0 Å². The van der Waals surface area contributed by atoms with Crippen LogP contribution in [-0.2, 0) is 6.54 Å². The number of nitrogens with one attached hydrogen (secondary N) is 1. The van der Waals surface area contributed by atoms with Crippen LogP contribution in [0.1, 0.15) is 31.2 Å². The molecule has 0 amide bonds. The minimum Gasteiger partial charge on any atom is -0.328 e. The summed E-state index contributed by atoms with van der Waals surface area (Å²) in [5.74, 6) is 0. The van der Waals surface area contributed by atoms with Crippen molar-refractivity contribution in [1.82, 2.24) is 15.1 Å². The smallest absolute Gasteiger partial charge is 0.0233 e. The molecule has 0 aromatic heterocycles. The fraction of sp³-hybridized carbons (Fsp3) is 0.684. The maximum atomic E-state index is 5.86. The summed E-state index contributed by atoms with van der Waals surface area (Å²) in [7, 11) is 4.33. The van der Waals surface area contributed by atoms with Crippen LogP contribution in [0.4, 0.5) is 0 Å². The van der Waals surface area contributed by atoms with Gasteiger partial charge in [-0.05, 0) is 71.5 Å². The van der Waals surface area contributed by atoms with E-state index in [4.69, 9.17) is 5.73 Å². The van der Waals surface area contributed by atoms with Crippen molar-refractivity contribution >= 4 is 0 Å². The molecule has 130 valence electrons. The normalized spacial score (nSPS) is 21.0. The van der Waals surface area contributed by atoms with Gasteiger partial charge in [-0.1, -0.05) is 30.3 Å². The summed E-state index contributed by atoms with van der Waals surface area (Å²) in [4.78, 5) is 4.81. The van der Waals surface area contributed by atoms with E-state index in [0.717, 1.165) is 38.5 Å². The first-order valence-electron chi connectivity index (χ1n) is 9.04. The summed E-state index contributed by atoms with van der Waals surface area (Å²) in [5, 5.41) is 3.34. The fourth-order valence-electron chi connectivity index (χ4n) is 3.28. The van der Waals surface area contributed by atoms with Crippen LogP contribution >= 0.6 is 0 Å². The molecule has 0 spiro atoms. The van der Waals surface area contributed by atoms with Gasteiger partial charge in [-0.3, -0.25) is 4.90 Å². The molecule has 0 atom stereocenters. The molecule has 2 saturated heterocycles. The Kier molecular flexibility index (Phi) is 8.03. The molecule has 0 saturated carbocycles. The minimum absolute atomic E-state index is 0.432. The average Bonchev–Trinajstić information content (AvgIpc) is 2.59. The molecular weight excluding hydrogens is 284 g/mol. The third kappa shape index (κ3) is 7.00. The van der Waals surface area contributed by atoms with Crippen molar-refractivity contribution in [3.05, 3.63) is 35.9 Å². The standard InChI is InChI=1S/C12H18N2.C7H16N2/c13-12-6-8-14(9-7-12)10-11-4-2-1-3-5-11;1-9(2)7-3-5-8-6-4-7/h1-5,12H,6-10,13H2;7-8H,3-6H2,1-2H3. The number of piperidine rings is 2. The van der Waals surface area contributed by atoms with E-state index in [1.165, 1.54) is 31.5 Å². The summed E-state index contributed by atoms with van der Waals surface area (Å²) in [5.41, 5.74) is 7.27. The maximum absolute atomic E-state index is 5.86. The van der Waals surface area contributed by atoms with Crippen LogP contribution in [0.25, 0.3) is 0 Å². The number of benzene rings is 1. The molecule has 0 radical (unpaired) electrons. The predicted octanol–water partition coefficient (Wildman–Crippen LogP) is 1.91. The van der Waals surface area contributed by atoms with Crippen molar-refractivity contribution in [2.75, 3.05) is 40.3 Å². The van der Waals surface area contributed by atoms with E-state index >= 15 is 0 Å². The van der Waals surface area contributed by atoms with Crippen LogP contribution in [-0.4, -0.2) is 62.2 Å². The Bertz CT molecular complexity index is 407. The number of nitrogens with two attached hydrogens (primary N) is 1. The predicted molar refractivity (Wildman–Crippen MR) is 98.5 cm³/mol. The van der Waals surface area contributed by atoms with E-state index in [2.05, 4.69) is 59.5 Å². The van der Waals surface area contributed by atoms with Crippen LogP contribution in [0.5, 0.6) is 0 Å². The largest absolute Gasteiger partial charge is 0.328 e. The van der Waals surface area contributed by atoms with Crippen LogP contribution in [0.3, 0.4) is 0 Å². The van der Waals surface area contributed by atoms with E-state index in [1.54, 1.807) is 0 Å². The highest BCUT2D eigenvalue weighted by Crippen LogP contribution is 2.12. The molecule has 2 aliphatic rings. The lowest BCUT2D eigenvalue weighted by Gasteiger charge is -2.29. The number of likely N-dealkylation sites (tertiary alicyclic amines) is 1. The van der Waals surface area contributed by atoms with Gasteiger partial charge in [0.25, 0.3) is 0 Å². The van der Waals surface area contributed by atoms with Gasteiger partial charge in [-0.15, -0.1) is 0 Å². The summed E-state index contributed by atoms with van der Waals surface area (Å²) in [6.45, 7) is 5.77. The molecule has 0 aliphatic carbocycles. The molecule has 2 aliphatic heterocycles. The zero-order valence-electron chi connectivity index (χ0n) is 14.9.